The highest BCUT2D eigenvalue weighted by atomic mass is 16.5. The molecule has 2 rings (SSSR count). The number of carboxylic acid groups (broad SMARTS) is 2. The van der Waals surface area contributed by atoms with Crippen LogP contribution in [-0.2, 0) is 19.1 Å². The first kappa shape index (κ1) is 18.4. The largest absolute Gasteiger partial charge is 0.483 e. The quantitative estimate of drug-likeness (QED) is 0.587. The number of carbonyl (C=O) groups excluding carboxylic acids is 1. The average Bonchev–Trinajstić information content (AvgIpc) is 3.09. The van der Waals surface area contributed by atoms with Crippen LogP contribution in [-0.4, -0.2) is 71.8 Å². The summed E-state index contributed by atoms with van der Waals surface area (Å²) in [6.07, 6.45) is 3.15. The standard InChI is InChI=1S/C13H22N2O4.CH2O2/c16-12(4-3-5-13(17)18)14-10-8-19-9-11(10)15-6-1-2-7-15;2-1-3/h10-11H,1-9H2,(H,14,16)(H,17,18);1H,(H,2,3)/t10-,11-;/m0./s1. The van der Waals surface area contributed by atoms with Crippen LogP contribution in [0.5, 0.6) is 0 Å². The van der Waals surface area contributed by atoms with E-state index in [2.05, 4.69) is 10.2 Å². The van der Waals surface area contributed by atoms with Crippen LogP contribution in [0.15, 0.2) is 0 Å². The molecule has 22 heavy (non-hydrogen) atoms. The van der Waals surface area contributed by atoms with Crippen molar-refractivity contribution in [3.63, 3.8) is 0 Å². The number of hydrogen-bond donors (Lipinski definition) is 3. The summed E-state index contributed by atoms with van der Waals surface area (Å²) in [6, 6.07) is 0.335. The molecule has 0 aromatic rings. The molecule has 0 aliphatic carbocycles. The number of hydrogen-bond acceptors (Lipinski definition) is 5. The summed E-state index contributed by atoms with van der Waals surface area (Å²) in [5, 5.41) is 18.4. The van der Waals surface area contributed by atoms with E-state index in [0.717, 1.165) is 13.1 Å². The van der Waals surface area contributed by atoms with Gasteiger partial charge >= 0.3 is 5.97 Å². The molecule has 0 aromatic heterocycles. The van der Waals surface area contributed by atoms with Gasteiger partial charge in [0.1, 0.15) is 0 Å². The third-order valence-electron chi connectivity index (χ3n) is 3.80. The Bertz CT molecular complexity index is 370. The normalized spacial score (nSPS) is 24.4. The second kappa shape index (κ2) is 10.1. The van der Waals surface area contributed by atoms with Crippen molar-refractivity contribution in [2.75, 3.05) is 26.3 Å². The van der Waals surface area contributed by atoms with Gasteiger partial charge in [-0.05, 0) is 32.4 Å². The lowest BCUT2D eigenvalue weighted by Gasteiger charge is -2.27. The summed E-state index contributed by atoms with van der Waals surface area (Å²) in [6.45, 7) is 3.16. The average molecular weight is 316 g/mol. The highest BCUT2D eigenvalue weighted by molar-refractivity contribution is 5.77. The third kappa shape index (κ3) is 6.40. The fourth-order valence-electron chi connectivity index (χ4n) is 2.79. The van der Waals surface area contributed by atoms with Crippen molar-refractivity contribution in [3.8, 4) is 0 Å². The summed E-state index contributed by atoms with van der Waals surface area (Å²) < 4.78 is 5.48. The Labute approximate surface area is 129 Å². The SMILES string of the molecule is O=C(O)CCCC(=O)N[C@H]1COC[C@@H]1N1CCCC1.O=CO. The molecule has 0 unspecified atom stereocenters. The molecule has 126 valence electrons. The van der Waals surface area contributed by atoms with Crippen LogP contribution in [0.25, 0.3) is 0 Å². The molecule has 2 atom stereocenters. The van der Waals surface area contributed by atoms with Crippen molar-refractivity contribution in [2.45, 2.75) is 44.2 Å². The van der Waals surface area contributed by atoms with Crippen LogP contribution in [0.3, 0.4) is 0 Å². The van der Waals surface area contributed by atoms with Crippen molar-refractivity contribution in [1.82, 2.24) is 10.2 Å². The lowest BCUT2D eigenvalue weighted by Crippen LogP contribution is -2.50. The molecule has 2 fully saturated rings. The molecule has 1 amide bonds. The molecule has 0 radical (unpaired) electrons. The maximum Gasteiger partial charge on any atom is 0.303 e. The van der Waals surface area contributed by atoms with Gasteiger partial charge in [-0.25, -0.2) is 0 Å². The van der Waals surface area contributed by atoms with Crippen LogP contribution in [0.4, 0.5) is 0 Å². The van der Waals surface area contributed by atoms with E-state index in [1.54, 1.807) is 0 Å². The van der Waals surface area contributed by atoms with E-state index >= 15 is 0 Å². The van der Waals surface area contributed by atoms with E-state index in [0.29, 0.717) is 19.6 Å². The molecule has 3 N–H and O–H groups in total. The van der Waals surface area contributed by atoms with Gasteiger partial charge in [0.25, 0.3) is 6.47 Å². The molecule has 2 saturated heterocycles. The number of rotatable bonds is 6. The van der Waals surface area contributed by atoms with Crippen LogP contribution in [0.1, 0.15) is 32.1 Å². The molecule has 2 aliphatic heterocycles. The Morgan fingerprint density at radius 1 is 1.23 bits per heavy atom. The molecular weight excluding hydrogens is 292 g/mol. The van der Waals surface area contributed by atoms with E-state index < -0.39 is 5.97 Å². The monoisotopic (exact) mass is 316 g/mol. The topological polar surface area (TPSA) is 116 Å². The molecule has 0 saturated carbocycles. The summed E-state index contributed by atoms with van der Waals surface area (Å²) in [5.41, 5.74) is 0. The van der Waals surface area contributed by atoms with Gasteiger partial charge in [-0.2, -0.15) is 0 Å². The highest BCUT2D eigenvalue weighted by Gasteiger charge is 2.34. The molecular formula is C14H24N2O6. The van der Waals surface area contributed by atoms with Crippen molar-refractivity contribution >= 4 is 18.3 Å². The first-order valence-corrected chi connectivity index (χ1v) is 7.49. The molecule has 0 bridgehead atoms. The van der Waals surface area contributed by atoms with Gasteiger partial charge in [0.2, 0.25) is 5.91 Å². The molecule has 2 aliphatic rings. The predicted octanol–water partition coefficient (Wildman–Crippen LogP) is -0.0785. The second-order valence-electron chi connectivity index (χ2n) is 5.37. The molecule has 2 heterocycles. The predicted molar refractivity (Wildman–Crippen MR) is 77.5 cm³/mol. The van der Waals surface area contributed by atoms with Crippen molar-refractivity contribution < 1.29 is 29.3 Å². The van der Waals surface area contributed by atoms with Crippen LogP contribution in [0.2, 0.25) is 0 Å². The van der Waals surface area contributed by atoms with Crippen molar-refractivity contribution in [3.05, 3.63) is 0 Å². The number of likely N-dealkylation sites (tertiary alicyclic amines) is 1. The first-order valence-electron chi connectivity index (χ1n) is 7.49. The number of carbonyl (C=O) groups is 3. The highest BCUT2D eigenvalue weighted by Crippen LogP contribution is 2.19. The number of carboxylic acids is 1. The molecule has 0 spiro atoms. The smallest absolute Gasteiger partial charge is 0.303 e. The second-order valence-corrected chi connectivity index (χ2v) is 5.37. The number of amides is 1. The van der Waals surface area contributed by atoms with Gasteiger partial charge in [-0.1, -0.05) is 0 Å². The maximum atomic E-state index is 11.8. The summed E-state index contributed by atoms with van der Waals surface area (Å²) in [5.74, 6) is -0.923. The summed E-state index contributed by atoms with van der Waals surface area (Å²) in [7, 11) is 0. The maximum absolute atomic E-state index is 11.8. The molecule has 8 nitrogen and oxygen atoms in total. The van der Waals surface area contributed by atoms with Gasteiger partial charge in [0.15, 0.2) is 0 Å². The number of aliphatic carboxylic acids is 1. The van der Waals surface area contributed by atoms with E-state index in [1.165, 1.54) is 12.8 Å². The van der Waals surface area contributed by atoms with Crippen LogP contribution >= 0.6 is 0 Å². The minimum atomic E-state index is -0.855. The number of nitrogens with zero attached hydrogens (tertiary/aromatic N) is 1. The number of nitrogens with one attached hydrogen (secondary N) is 1. The first-order chi connectivity index (χ1) is 10.6. The van der Waals surface area contributed by atoms with Gasteiger partial charge in [0.05, 0.1) is 25.3 Å². The Morgan fingerprint density at radius 2 is 1.86 bits per heavy atom. The van der Waals surface area contributed by atoms with E-state index in [9.17, 15) is 9.59 Å². The van der Waals surface area contributed by atoms with Crippen molar-refractivity contribution in [1.29, 1.82) is 0 Å². The Balaban J connectivity index is 0.000000745. The molecule has 0 aromatic carbocycles. The Morgan fingerprint density at radius 3 is 2.45 bits per heavy atom. The van der Waals surface area contributed by atoms with E-state index in [-0.39, 0.29) is 37.3 Å². The Kier molecular flexibility index (Phi) is 8.46. The van der Waals surface area contributed by atoms with Gasteiger partial charge < -0.3 is 20.3 Å². The van der Waals surface area contributed by atoms with E-state index in [1.807, 2.05) is 0 Å². The minimum Gasteiger partial charge on any atom is -0.483 e. The lowest BCUT2D eigenvalue weighted by molar-refractivity contribution is -0.137. The molecule has 8 heteroatoms. The minimum absolute atomic E-state index is 0.0458. The zero-order valence-electron chi connectivity index (χ0n) is 12.6. The zero-order valence-corrected chi connectivity index (χ0v) is 12.6. The summed E-state index contributed by atoms with van der Waals surface area (Å²) >= 11 is 0. The summed E-state index contributed by atoms with van der Waals surface area (Å²) in [4.78, 5) is 32.9. The fourth-order valence-corrected chi connectivity index (χ4v) is 2.79. The number of ether oxygens (including phenoxy) is 1. The van der Waals surface area contributed by atoms with E-state index in [4.69, 9.17) is 19.7 Å². The van der Waals surface area contributed by atoms with Gasteiger partial charge in [0, 0.05) is 12.8 Å². The Hall–Kier alpha value is -1.67. The van der Waals surface area contributed by atoms with Crippen LogP contribution in [0, 0.1) is 0 Å². The van der Waals surface area contributed by atoms with Gasteiger partial charge in [-0.15, -0.1) is 0 Å². The van der Waals surface area contributed by atoms with Gasteiger partial charge in [-0.3, -0.25) is 19.3 Å². The van der Waals surface area contributed by atoms with Crippen molar-refractivity contribution in [2.24, 2.45) is 0 Å². The fraction of sp³-hybridized carbons (Fsp3) is 0.786. The lowest BCUT2D eigenvalue weighted by atomic mass is 10.1. The zero-order chi connectivity index (χ0) is 16.4. The van der Waals surface area contributed by atoms with Crippen LogP contribution < -0.4 is 5.32 Å². The third-order valence-corrected chi connectivity index (χ3v) is 3.80.